The van der Waals surface area contributed by atoms with E-state index in [1.807, 2.05) is 30.3 Å². The number of carbonyl (C=O) groups is 3. The average Bonchev–Trinajstić information content (AvgIpc) is 3.66. The number of nitrogens with two attached hydrogens (primary N) is 1. The monoisotopic (exact) mass is 516 g/mol. The number of aryl methyl sites for hydroxylation is 1. The lowest BCUT2D eigenvalue weighted by molar-refractivity contribution is -0.118. The largest absolute Gasteiger partial charge is 0.451 e. The van der Waals surface area contributed by atoms with E-state index in [0.29, 0.717) is 39.6 Å². The van der Waals surface area contributed by atoms with Crippen molar-refractivity contribution >= 4 is 52.2 Å². The van der Waals surface area contributed by atoms with Crippen LogP contribution in [-0.4, -0.2) is 39.3 Å². The molecule has 5 rings (SSSR count). The molecule has 2 aromatic carbocycles. The van der Waals surface area contributed by atoms with Crippen LogP contribution in [0.4, 0.5) is 11.6 Å². The minimum absolute atomic E-state index is 0.00780. The summed E-state index contributed by atoms with van der Waals surface area (Å²) in [5.41, 5.74) is 8.64. The van der Waals surface area contributed by atoms with E-state index in [2.05, 4.69) is 15.3 Å². The summed E-state index contributed by atoms with van der Waals surface area (Å²) in [6.07, 6.45) is 5.54. The van der Waals surface area contributed by atoms with Gasteiger partial charge < -0.3 is 19.6 Å². The number of amides is 3. The highest BCUT2D eigenvalue weighted by atomic mass is 32.2. The molecule has 2 aromatic heterocycles. The van der Waals surface area contributed by atoms with Crippen molar-refractivity contribution in [2.45, 2.75) is 24.6 Å². The second kappa shape index (κ2) is 10.3. The number of oxazole rings is 1. The van der Waals surface area contributed by atoms with Gasteiger partial charge in [-0.05, 0) is 36.8 Å². The summed E-state index contributed by atoms with van der Waals surface area (Å²) >= 11 is 1.41. The van der Waals surface area contributed by atoms with Gasteiger partial charge in [-0.1, -0.05) is 24.3 Å². The van der Waals surface area contributed by atoms with Crippen molar-refractivity contribution in [2.24, 2.45) is 5.73 Å². The fraction of sp³-hybridized carbons (Fsp3) is 0.192. The van der Waals surface area contributed by atoms with E-state index in [1.165, 1.54) is 18.2 Å². The number of fused-ring (bicyclic) bond motifs is 1. The standard InChI is InChI=1S/C26H24N6O4S/c1-31(25(35)16-5-3-2-4-6-16)17-7-8-20-18(13-17)29-26(32(20)12-11-23(27)33)30-24(34)22-10-9-21(37-22)19-14-36-15-28-19/h2-8,10,13-15,21H,9,11-12H2,1H3,(H2,27,33)(H,29,30,34). The molecule has 1 atom stereocenters. The third kappa shape index (κ3) is 5.12. The van der Waals surface area contributed by atoms with Crippen LogP contribution in [0.5, 0.6) is 0 Å². The molecule has 0 saturated heterocycles. The van der Waals surface area contributed by atoms with Gasteiger partial charge in [-0.2, -0.15) is 0 Å². The Morgan fingerprint density at radius 2 is 2.03 bits per heavy atom. The number of rotatable bonds is 8. The molecule has 11 heteroatoms. The third-order valence-electron chi connectivity index (χ3n) is 6.04. The van der Waals surface area contributed by atoms with Crippen LogP contribution >= 0.6 is 11.8 Å². The number of primary amides is 1. The number of nitrogens with one attached hydrogen (secondary N) is 1. The quantitative estimate of drug-likeness (QED) is 0.363. The molecule has 3 amide bonds. The first-order valence-electron chi connectivity index (χ1n) is 11.6. The first-order valence-corrected chi connectivity index (χ1v) is 12.5. The Labute approximate surface area is 216 Å². The van der Waals surface area contributed by atoms with Gasteiger partial charge in [0.2, 0.25) is 11.9 Å². The number of hydrogen-bond acceptors (Lipinski definition) is 7. The fourth-order valence-corrected chi connectivity index (χ4v) is 5.18. The van der Waals surface area contributed by atoms with Crippen molar-refractivity contribution in [3.8, 4) is 0 Å². The fourth-order valence-electron chi connectivity index (χ4n) is 4.10. The van der Waals surface area contributed by atoms with Crippen molar-refractivity contribution in [1.29, 1.82) is 0 Å². The van der Waals surface area contributed by atoms with Gasteiger partial charge in [0.15, 0.2) is 6.39 Å². The van der Waals surface area contributed by atoms with Crippen LogP contribution in [0.15, 0.2) is 76.6 Å². The molecule has 1 aliphatic heterocycles. The Morgan fingerprint density at radius 1 is 1.22 bits per heavy atom. The van der Waals surface area contributed by atoms with Crippen LogP contribution in [0.3, 0.4) is 0 Å². The summed E-state index contributed by atoms with van der Waals surface area (Å²) in [4.78, 5) is 48.4. The number of thioether (sulfide) groups is 1. The summed E-state index contributed by atoms with van der Waals surface area (Å²) < 4.78 is 6.80. The predicted molar refractivity (Wildman–Crippen MR) is 141 cm³/mol. The van der Waals surface area contributed by atoms with Gasteiger partial charge in [0.1, 0.15) is 6.26 Å². The van der Waals surface area contributed by atoms with Crippen molar-refractivity contribution in [3.63, 3.8) is 0 Å². The van der Waals surface area contributed by atoms with Crippen LogP contribution in [0.2, 0.25) is 0 Å². The lowest BCUT2D eigenvalue weighted by atomic mass is 10.2. The summed E-state index contributed by atoms with van der Waals surface area (Å²) in [5, 5.41) is 2.88. The summed E-state index contributed by atoms with van der Waals surface area (Å²) in [6.45, 7) is 0.243. The zero-order chi connectivity index (χ0) is 25.9. The van der Waals surface area contributed by atoms with E-state index >= 15 is 0 Å². The molecule has 1 unspecified atom stereocenters. The molecule has 1 aliphatic rings. The topological polar surface area (TPSA) is 136 Å². The molecule has 37 heavy (non-hydrogen) atoms. The minimum Gasteiger partial charge on any atom is -0.451 e. The maximum atomic E-state index is 13.1. The van der Waals surface area contributed by atoms with E-state index in [9.17, 15) is 14.4 Å². The Kier molecular flexibility index (Phi) is 6.78. The van der Waals surface area contributed by atoms with Gasteiger partial charge in [0, 0.05) is 31.3 Å². The molecule has 4 aromatic rings. The Balaban J connectivity index is 1.40. The number of anilines is 2. The van der Waals surface area contributed by atoms with Crippen molar-refractivity contribution in [1.82, 2.24) is 14.5 Å². The van der Waals surface area contributed by atoms with Crippen molar-refractivity contribution in [3.05, 3.63) is 83.4 Å². The Bertz CT molecular complexity index is 1500. The molecule has 10 nitrogen and oxygen atoms in total. The van der Waals surface area contributed by atoms with Crippen molar-refractivity contribution < 1.29 is 18.8 Å². The SMILES string of the molecule is CN(C(=O)c1ccccc1)c1ccc2c(c1)nc(NC(=O)C1=CCC(c3cocn3)S1)n2CCC(N)=O. The number of aromatic nitrogens is 3. The number of benzene rings is 2. The van der Waals surface area contributed by atoms with Crippen molar-refractivity contribution in [2.75, 3.05) is 17.3 Å². The summed E-state index contributed by atoms with van der Waals surface area (Å²) in [7, 11) is 1.69. The van der Waals surface area contributed by atoms with Gasteiger partial charge in [0.25, 0.3) is 11.8 Å². The first-order chi connectivity index (χ1) is 17.9. The maximum absolute atomic E-state index is 13.1. The van der Waals surface area contributed by atoms with Crippen LogP contribution in [0.25, 0.3) is 11.0 Å². The zero-order valence-corrected chi connectivity index (χ0v) is 20.8. The summed E-state index contributed by atoms with van der Waals surface area (Å²) in [5.74, 6) is -0.632. The van der Waals surface area contributed by atoms with Gasteiger partial charge >= 0.3 is 0 Å². The molecule has 0 bridgehead atoms. The molecule has 3 heterocycles. The molecule has 0 fully saturated rings. The Hall–Kier alpha value is -4.38. The molecular weight excluding hydrogens is 492 g/mol. The maximum Gasteiger partial charge on any atom is 0.264 e. The Morgan fingerprint density at radius 3 is 2.76 bits per heavy atom. The van der Waals surface area contributed by atoms with E-state index in [1.54, 1.807) is 47.0 Å². The first kappa shape index (κ1) is 24.3. The lowest BCUT2D eigenvalue weighted by Crippen LogP contribution is -2.26. The number of carbonyl (C=O) groups excluding carboxylic acids is 3. The lowest BCUT2D eigenvalue weighted by Gasteiger charge is -2.17. The molecule has 0 saturated carbocycles. The highest BCUT2D eigenvalue weighted by molar-refractivity contribution is 8.04. The highest BCUT2D eigenvalue weighted by Crippen LogP contribution is 2.43. The molecular formula is C26H24N6O4S. The normalized spacial score (nSPS) is 14.9. The highest BCUT2D eigenvalue weighted by Gasteiger charge is 2.27. The molecule has 0 spiro atoms. The minimum atomic E-state index is -0.464. The predicted octanol–water partition coefficient (Wildman–Crippen LogP) is 3.88. The molecule has 188 valence electrons. The number of imidazole rings is 1. The van der Waals surface area contributed by atoms with E-state index < -0.39 is 5.91 Å². The number of nitrogens with zero attached hydrogens (tertiary/aromatic N) is 4. The zero-order valence-electron chi connectivity index (χ0n) is 20.0. The second-order valence-electron chi connectivity index (χ2n) is 8.48. The van der Waals surface area contributed by atoms with Gasteiger partial charge in [-0.25, -0.2) is 9.97 Å². The van der Waals surface area contributed by atoms with Gasteiger partial charge in [-0.3, -0.25) is 19.7 Å². The smallest absolute Gasteiger partial charge is 0.264 e. The van der Waals surface area contributed by atoms with E-state index in [-0.39, 0.29) is 30.0 Å². The van der Waals surface area contributed by atoms with Crippen LogP contribution in [0.1, 0.15) is 34.1 Å². The molecule has 0 radical (unpaired) electrons. The average molecular weight is 517 g/mol. The third-order valence-corrected chi connectivity index (χ3v) is 7.37. The number of hydrogen-bond donors (Lipinski definition) is 2. The van der Waals surface area contributed by atoms with Crippen LogP contribution in [0, 0.1) is 0 Å². The molecule has 3 N–H and O–H groups in total. The van der Waals surface area contributed by atoms with E-state index in [4.69, 9.17) is 10.2 Å². The number of allylic oxidation sites excluding steroid dienone is 1. The van der Waals surface area contributed by atoms with E-state index in [0.717, 1.165) is 5.69 Å². The van der Waals surface area contributed by atoms with Crippen LogP contribution < -0.4 is 16.0 Å². The van der Waals surface area contributed by atoms with Crippen LogP contribution in [-0.2, 0) is 16.1 Å². The van der Waals surface area contributed by atoms with Gasteiger partial charge in [-0.15, -0.1) is 11.8 Å². The molecule has 0 aliphatic carbocycles. The second-order valence-corrected chi connectivity index (χ2v) is 9.73. The summed E-state index contributed by atoms with van der Waals surface area (Å²) in [6, 6.07) is 14.4. The van der Waals surface area contributed by atoms with Gasteiger partial charge in [0.05, 0.1) is 26.9 Å².